The molecule has 4 nitrogen and oxygen atoms in total. The molecule has 0 bridgehead atoms. The Kier molecular flexibility index (Phi) is 5.26. The summed E-state index contributed by atoms with van der Waals surface area (Å²) in [6.07, 6.45) is 3.09. The van der Waals surface area contributed by atoms with E-state index in [4.69, 9.17) is 22.1 Å². The van der Waals surface area contributed by atoms with E-state index in [2.05, 4.69) is 6.92 Å². The van der Waals surface area contributed by atoms with Crippen molar-refractivity contribution in [1.29, 1.82) is 0 Å². The maximum absolute atomic E-state index is 12.5. The molecular formula is C15H21ClN2O2. The van der Waals surface area contributed by atoms with Gasteiger partial charge in [-0.05, 0) is 31.4 Å². The number of nitrogens with zero attached hydrogens (tertiary/aromatic N) is 1. The summed E-state index contributed by atoms with van der Waals surface area (Å²) < 4.78 is 5.75. The molecule has 1 unspecified atom stereocenters. The molecule has 0 radical (unpaired) electrons. The summed E-state index contributed by atoms with van der Waals surface area (Å²) in [7, 11) is 0. The van der Waals surface area contributed by atoms with Crippen molar-refractivity contribution in [3.8, 4) is 0 Å². The third-order valence-corrected chi connectivity index (χ3v) is 3.84. The Morgan fingerprint density at radius 1 is 1.55 bits per heavy atom. The second-order valence-corrected chi connectivity index (χ2v) is 5.49. The first-order valence-electron chi connectivity index (χ1n) is 7.08. The Bertz CT molecular complexity index is 479. The fourth-order valence-electron chi connectivity index (χ4n) is 2.44. The molecule has 1 saturated heterocycles. The smallest absolute Gasteiger partial charge is 0.256 e. The van der Waals surface area contributed by atoms with Gasteiger partial charge in [-0.15, -0.1) is 0 Å². The van der Waals surface area contributed by atoms with Crippen LogP contribution in [0.3, 0.4) is 0 Å². The molecule has 1 aromatic rings. The van der Waals surface area contributed by atoms with Gasteiger partial charge in [-0.25, -0.2) is 0 Å². The Hall–Kier alpha value is -1.26. The number of amides is 1. The minimum absolute atomic E-state index is 0.0604. The number of likely N-dealkylation sites (tertiary alicyclic amines) is 1. The molecule has 2 rings (SSSR count). The van der Waals surface area contributed by atoms with Gasteiger partial charge in [0.2, 0.25) is 0 Å². The standard InChI is InChI=1S/C15H21ClN2O2/c1-2-9-20-11-5-4-8-18(10-11)15(19)12-6-3-7-13(16)14(12)17/h3,6-7,11H,2,4-5,8-10,17H2,1H3. The molecular weight excluding hydrogens is 276 g/mol. The highest BCUT2D eigenvalue weighted by Gasteiger charge is 2.26. The molecule has 1 aromatic carbocycles. The number of benzene rings is 1. The van der Waals surface area contributed by atoms with Gasteiger partial charge in [0, 0.05) is 19.7 Å². The molecule has 0 spiro atoms. The number of hydrogen-bond acceptors (Lipinski definition) is 3. The van der Waals surface area contributed by atoms with Gasteiger partial charge in [0.15, 0.2) is 0 Å². The topological polar surface area (TPSA) is 55.6 Å². The van der Waals surface area contributed by atoms with Crippen LogP contribution in [0.1, 0.15) is 36.5 Å². The summed E-state index contributed by atoms with van der Waals surface area (Å²) in [5, 5.41) is 0.423. The number of anilines is 1. The highest BCUT2D eigenvalue weighted by atomic mass is 35.5. The van der Waals surface area contributed by atoms with Crippen LogP contribution in [0.5, 0.6) is 0 Å². The molecule has 1 heterocycles. The van der Waals surface area contributed by atoms with E-state index in [1.54, 1.807) is 18.2 Å². The third-order valence-electron chi connectivity index (χ3n) is 3.51. The number of carbonyl (C=O) groups excluding carboxylic acids is 1. The molecule has 1 aliphatic rings. The predicted molar refractivity (Wildman–Crippen MR) is 81.0 cm³/mol. The van der Waals surface area contributed by atoms with Crippen LogP contribution in [0.2, 0.25) is 5.02 Å². The zero-order chi connectivity index (χ0) is 14.5. The van der Waals surface area contributed by atoms with Crippen molar-refractivity contribution in [2.45, 2.75) is 32.3 Å². The highest BCUT2D eigenvalue weighted by Crippen LogP contribution is 2.25. The van der Waals surface area contributed by atoms with Crippen molar-refractivity contribution in [1.82, 2.24) is 4.90 Å². The first kappa shape index (κ1) is 15.1. The van der Waals surface area contributed by atoms with Crippen LogP contribution >= 0.6 is 11.6 Å². The highest BCUT2D eigenvalue weighted by molar-refractivity contribution is 6.33. The lowest BCUT2D eigenvalue weighted by molar-refractivity contribution is 0.00214. The lowest BCUT2D eigenvalue weighted by atomic mass is 10.1. The largest absolute Gasteiger partial charge is 0.397 e. The van der Waals surface area contributed by atoms with Crippen molar-refractivity contribution in [2.75, 3.05) is 25.4 Å². The first-order valence-corrected chi connectivity index (χ1v) is 7.46. The molecule has 0 aromatic heterocycles. The average molecular weight is 297 g/mol. The van der Waals surface area contributed by atoms with Gasteiger partial charge in [-0.2, -0.15) is 0 Å². The van der Waals surface area contributed by atoms with Gasteiger partial charge in [-0.3, -0.25) is 4.79 Å². The zero-order valence-corrected chi connectivity index (χ0v) is 12.5. The number of halogens is 1. The van der Waals surface area contributed by atoms with Gasteiger partial charge in [-0.1, -0.05) is 24.6 Å². The maximum atomic E-state index is 12.5. The average Bonchev–Trinajstić information content (AvgIpc) is 2.47. The van der Waals surface area contributed by atoms with E-state index in [9.17, 15) is 4.79 Å². The first-order chi connectivity index (χ1) is 9.63. The van der Waals surface area contributed by atoms with E-state index in [1.165, 1.54) is 0 Å². The van der Waals surface area contributed by atoms with E-state index < -0.39 is 0 Å². The second kappa shape index (κ2) is 6.95. The second-order valence-electron chi connectivity index (χ2n) is 5.09. The fourth-order valence-corrected chi connectivity index (χ4v) is 2.61. The van der Waals surface area contributed by atoms with Crippen LogP contribution in [-0.2, 0) is 4.74 Å². The van der Waals surface area contributed by atoms with Gasteiger partial charge >= 0.3 is 0 Å². The molecule has 5 heteroatoms. The van der Waals surface area contributed by atoms with Crippen molar-refractivity contribution in [3.63, 3.8) is 0 Å². The SMILES string of the molecule is CCCOC1CCCN(C(=O)c2cccc(Cl)c2N)C1. The third kappa shape index (κ3) is 3.44. The summed E-state index contributed by atoms with van der Waals surface area (Å²) in [4.78, 5) is 14.3. The van der Waals surface area contributed by atoms with Crippen molar-refractivity contribution in [3.05, 3.63) is 28.8 Å². The fraction of sp³-hybridized carbons (Fsp3) is 0.533. The van der Waals surface area contributed by atoms with E-state index in [-0.39, 0.29) is 12.0 Å². The Balaban J connectivity index is 2.06. The normalized spacial score (nSPS) is 19.1. The number of rotatable bonds is 4. The zero-order valence-electron chi connectivity index (χ0n) is 11.8. The van der Waals surface area contributed by atoms with Crippen LogP contribution in [0.25, 0.3) is 0 Å². The van der Waals surface area contributed by atoms with Crippen molar-refractivity contribution < 1.29 is 9.53 Å². The lowest BCUT2D eigenvalue weighted by Gasteiger charge is -2.33. The Labute approximate surface area is 124 Å². The summed E-state index contributed by atoms with van der Waals surface area (Å²) >= 11 is 5.97. The molecule has 1 atom stereocenters. The molecule has 2 N–H and O–H groups in total. The Morgan fingerprint density at radius 2 is 2.35 bits per heavy atom. The van der Waals surface area contributed by atoms with Gasteiger partial charge in [0.1, 0.15) is 0 Å². The number of ether oxygens (including phenoxy) is 1. The molecule has 0 saturated carbocycles. The van der Waals surface area contributed by atoms with Gasteiger partial charge < -0.3 is 15.4 Å². The number of carbonyl (C=O) groups is 1. The van der Waals surface area contributed by atoms with Crippen LogP contribution in [-0.4, -0.2) is 36.6 Å². The van der Waals surface area contributed by atoms with Crippen LogP contribution < -0.4 is 5.73 Å². The van der Waals surface area contributed by atoms with E-state index >= 15 is 0 Å². The van der Waals surface area contributed by atoms with Gasteiger partial charge in [0.05, 0.1) is 22.4 Å². The summed E-state index contributed by atoms with van der Waals surface area (Å²) in [5.74, 6) is -0.0604. The number of piperidine rings is 1. The maximum Gasteiger partial charge on any atom is 0.256 e. The molecule has 110 valence electrons. The van der Waals surface area contributed by atoms with E-state index in [0.29, 0.717) is 22.8 Å². The minimum atomic E-state index is -0.0604. The summed E-state index contributed by atoms with van der Waals surface area (Å²) in [5.41, 5.74) is 6.73. The minimum Gasteiger partial charge on any atom is -0.397 e. The molecule has 1 amide bonds. The predicted octanol–water partition coefficient (Wildman–Crippen LogP) is 2.95. The number of nitrogens with two attached hydrogens (primary N) is 1. The molecule has 1 fully saturated rings. The van der Waals surface area contributed by atoms with Crippen LogP contribution in [0, 0.1) is 0 Å². The van der Waals surface area contributed by atoms with Crippen LogP contribution in [0.15, 0.2) is 18.2 Å². The van der Waals surface area contributed by atoms with E-state index in [1.807, 2.05) is 4.90 Å². The number of para-hydroxylation sites is 1. The Morgan fingerprint density at radius 3 is 3.10 bits per heavy atom. The monoisotopic (exact) mass is 296 g/mol. The quantitative estimate of drug-likeness (QED) is 0.869. The van der Waals surface area contributed by atoms with Crippen molar-refractivity contribution >= 4 is 23.2 Å². The summed E-state index contributed by atoms with van der Waals surface area (Å²) in [6.45, 7) is 4.20. The van der Waals surface area contributed by atoms with Crippen molar-refractivity contribution in [2.24, 2.45) is 0 Å². The lowest BCUT2D eigenvalue weighted by Crippen LogP contribution is -2.43. The molecule has 0 aliphatic carbocycles. The number of hydrogen-bond donors (Lipinski definition) is 1. The van der Waals surface area contributed by atoms with Gasteiger partial charge in [0.25, 0.3) is 5.91 Å². The molecule has 1 aliphatic heterocycles. The summed E-state index contributed by atoms with van der Waals surface area (Å²) in [6, 6.07) is 5.16. The molecule has 20 heavy (non-hydrogen) atoms. The van der Waals surface area contributed by atoms with E-state index in [0.717, 1.165) is 32.4 Å². The number of nitrogen functional groups attached to an aromatic ring is 1. The van der Waals surface area contributed by atoms with Crippen LogP contribution in [0.4, 0.5) is 5.69 Å².